The summed E-state index contributed by atoms with van der Waals surface area (Å²) in [6, 6.07) is 0.546. The van der Waals surface area contributed by atoms with Crippen LogP contribution in [0.1, 0.15) is 18.9 Å². The molecule has 1 aliphatic heterocycles. The quantitative estimate of drug-likeness (QED) is 0.842. The maximum absolute atomic E-state index is 4.27. The average molecular weight is 267 g/mol. The second-order valence-electron chi connectivity index (χ2n) is 3.14. The van der Waals surface area contributed by atoms with Crippen molar-refractivity contribution >= 4 is 28.3 Å². The van der Waals surface area contributed by atoms with E-state index in [9.17, 15) is 0 Å². The van der Waals surface area contributed by atoms with Crippen LogP contribution in [-0.2, 0) is 0 Å². The third kappa shape index (κ3) is 2.69. The van der Waals surface area contributed by atoms with Gasteiger partial charge in [0.1, 0.15) is 0 Å². The first kappa shape index (κ1) is 11.0. The van der Waals surface area contributed by atoms with Gasteiger partial charge >= 0.3 is 0 Å². The molecule has 1 fully saturated rings. The molecule has 0 bridgehead atoms. The number of hydrogen-bond acceptors (Lipinski definition) is 2. The smallest absolute Gasteiger partial charge is 0.0644 e. The molecule has 1 aliphatic rings. The Hall–Kier alpha value is -0.0600. The number of hydrogen-bond donors (Lipinski definition) is 1. The summed E-state index contributed by atoms with van der Waals surface area (Å²) in [6.07, 6.45) is 6.37. The summed E-state index contributed by atoms with van der Waals surface area (Å²) >= 11 is 3.40. The number of nitrogens with one attached hydrogen (secondary N) is 1. The van der Waals surface area contributed by atoms with Gasteiger partial charge in [0.2, 0.25) is 0 Å². The molecule has 1 N–H and O–H groups in total. The highest BCUT2D eigenvalue weighted by molar-refractivity contribution is 9.10. The highest BCUT2D eigenvalue weighted by Crippen LogP contribution is 2.17. The van der Waals surface area contributed by atoms with Crippen molar-refractivity contribution < 1.29 is 0 Å². The predicted octanol–water partition coefficient (Wildman–Crippen LogP) is 1.99. The van der Waals surface area contributed by atoms with E-state index in [0.29, 0.717) is 6.04 Å². The fraction of sp³-hybridized carbons (Fsp3) is 0.625. The molecule has 2 rings (SSSR count). The Morgan fingerprint density at radius 3 is 3.00 bits per heavy atom. The van der Waals surface area contributed by atoms with Crippen LogP contribution in [0.25, 0.3) is 0 Å². The van der Waals surface area contributed by atoms with Crippen LogP contribution in [-0.4, -0.2) is 22.9 Å². The standard InChI is InChI=1S/C8H12BrN3.ClH/c9-7-4-11-12(6-7)8-2-1-3-10-5-8;/h4,6,8,10H,1-3,5H2;1H. The molecule has 2 heterocycles. The van der Waals surface area contributed by atoms with Crippen molar-refractivity contribution in [2.75, 3.05) is 13.1 Å². The summed E-state index contributed by atoms with van der Waals surface area (Å²) in [6.45, 7) is 2.20. The summed E-state index contributed by atoms with van der Waals surface area (Å²) in [7, 11) is 0. The molecule has 0 saturated carbocycles. The van der Waals surface area contributed by atoms with Gasteiger partial charge in [-0.3, -0.25) is 4.68 Å². The molecule has 74 valence electrons. The van der Waals surface area contributed by atoms with Crippen molar-refractivity contribution in [3.8, 4) is 0 Å². The van der Waals surface area contributed by atoms with E-state index in [-0.39, 0.29) is 12.4 Å². The van der Waals surface area contributed by atoms with Gasteiger partial charge < -0.3 is 5.32 Å². The van der Waals surface area contributed by atoms with E-state index in [4.69, 9.17) is 0 Å². The average Bonchev–Trinajstić information content (AvgIpc) is 2.54. The van der Waals surface area contributed by atoms with Gasteiger partial charge in [-0.25, -0.2) is 0 Å². The summed E-state index contributed by atoms with van der Waals surface area (Å²) in [5, 5.41) is 7.64. The molecule has 13 heavy (non-hydrogen) atoms. The summed E-state index contributed by atoms with van der Waals surface area (Å²) in [5.41, 5.74) is 0. The molecule has 5 heteroatoms. The van der Waals surface area contributed by atoms with Crippen LogP contribution < -0.4 is 5.32 Å². The Bertz CT molecular complexity index is 258. The second-order valence-corrected chi connectivity index (χ2v) is 4.05. The van der Waals surface area contributed by atoms with Gasteiger partial charge in [-0.15, -0.1) is 12.4 Å². The molecule has 0 spiro atoms. The Labute approximate surface area is 92.4 Å². The first-order valence-corrected chi connectivity index (χ1v) is 5.06. The van der Waals surface area contributed by atoms with Crippen molar-refractivity contribution in [2.24, 2.45) is 0 Å². The van der Waals surface area contributed by atoms with Gasteiger partial charge in [-0.05, 0) is 35.3 Å². The van der Waals surface area contributed by atoms with Gasteiger partial charge in [0.15, 0.2) is 0 Å². The summed E-state index contributed by atoms with van der Waals surface area (Å²) in [5.74, 6) is 0. The van der Waals surface area contributed by atoms with Crippen molar-refractivity contribution in [1.82, 2.24) is 15.1 Å². The van der Waals surface area contributed by atoms with Gasteiger partial charge in [0.25, 0.3) is 0 Å². The molecule has 1 aromatic heterocycles. The van der Waals surface area contributed by atoms with E-state index >= 15 is 0 Å². The number of piperidine rings is 1. The molecule has 0 radical (unpaired) electrons. The fourth-order valence-corrected chi connectivity index (χ4v) is 1.88. The minimum Gasteiger partial charge on any atom is -0.315 e. The van der Waals surface area contributed by atoms with E-state index in [2.05, 4.69) is 26.3 Å². The van der Waals surface area contributed by atoms with Crippen LogP contribution in [0.2, 0.25) is 0 Å². The highest BCUT2D eigenvalue weighted by atomic mass is 79.9. The maximum atomic E-state index is 4.27. The van der Waals surface area contributed by atoms with Crippen molar-refractivity contribution in [3.63, 3.8) is 0 Å². The molecular formula is C8H13BrClN3. The largest absolute Gasteiger partial charge is 0.315 e. The Morgan fingerprint density at radius 2 is 2.46 bits per heavy atom. The zero-order valence-corrected chi connectivity index (χ0v) is 9.64. The van der Waals surface area contributed by atoms with Crippen molar-refractivity contribution in [3.05, 3.63) is 16.9 Å². The molecule has 3 nitrogen and oxygen atoms in total. The normalized spacial score (nSPS) is 22.4. The van der Waals surface area contributed by atoms with Crippen LogP contribution >= 0.6 is 28.3 Å². The molecule has 0 aromatic carbocycles. The lowest BCUT2D eigenvalue weighted by atomic mass is 10.1. The van der Waals surface area contributed by atoms with Crippen LogP contribution in [0.4, 0.5) is 0 Å². The van der Waals surface area contributed by atoms with Crippen LogP contribution in [0.5, 0.6) is 0 Å². The number of rotatable bonds is 1. The molecular weight excluding hydrogens is 253 g/mol. The number of aromatic nitrogens is 2. The zero-order chi connectivity index (χ0) is 8.39. The minimum absolute atomic E-state index is 0. The van der Waals surface area contributed by atoms with Crippen molar-refractivity contribution in [2.45, 2.75) is 18.9 Å². The van der Waals surface area contributed by atoms with Gasteiger partial charge in [0.05, 0.1) is 16.7 Å². The third-order valence-corrected chi connectivity index (χ3v) is 2.62. The van der Waals surface area contributed by atoms with Gasteiger partial charge in [0, 0.05) is 12.7 Å². The Balaban J connectivity index is 0.000000845. The lowest BCUT2D eigenvalue weighted by molar-refractivity contribution is 0.346. The van der Waals surface area contributed by atoms with E-state index < -0.39 is 0 Å². The first-order valence-electron chi connectivity index (χ1n) is 4.26. The molecule has 1 atom stereocenters. The monoisotopic (exact) mass is 265 g/mol. The second kappa shape index (κ2) is 4.98. The zero-order valence-electron chi connectivity index (χ0n) is 7.24. The lowest BCUT2D eigenvalue weighted by Crippen LogP contribution is -2.31. The van der Waals surface area contributed by atoms with E-state index in [0.717, 1.165) is 17.6 Å². The van der Waals surface area contributed by atoms with Crippen LogP contribution in [0.3, 0.4) is 0 Å². The lowest BCUT2D eigenvalue weighted by Gasteiger charge is -2.22. The highest BCUT2D eigenvalue weighted by Gasteiger charge is 2.14. The molecule has 0 amide bonds. The van der Waals surface area contributed by atoms with Gasteiger partial charge in [-0.1, -0.05) is 0 Å². The maximum Gasteiger partial charge on any atom is 0.0644 e. The first-order chi connectivity index (χ1) is 5.86. The Morgan fingerprint density at radius 1 is 1.62 bits per heavy atom. The third-order valence-electron chi connectivity index (χ3n) is 2.21. The number of nitrogens with zero attached hydrogens (tertiary/aromatic N) is 2. The fourth-order valence-electron chi connectivity index (χ4n) is 1.57. The van der Waals surface area contributed by atoms with E-state index in [1.807, 2.05) is 17.1 Å². The topological polar surface area (TPSA) is 29.9 Å². The van der Waals surface area contributed by atoms with Crippen LogP contribution in [0.15, 0.2) is 16.9 Å². The number of halogens is 2. The molecule has 1 saturated heterocycles. The molecule has 1 aromatic rings. The molecule has 0 aliphatic carbocycles. The summed E-state index contributed by atoms with van der Waals surface area (Å²) in [4.78, 5) is 0. The van der Waals surface area contributed by atoms with E-state index in [1.165, 1.54) is 12.8 Å². The predicted molar refractivity (Wildman–Crippen MR) is 58.3 cm³/mol. The van der Waals surface area contributed by atoms with Gasteiger partial charge in [-0.2, -0.15) is 5.10 Å². The SMILES string of the molecule is Brc1cnn(C2CCCNC2)c1.Cl. The van der Waals surface area contributed by atoms with Crippen molar-refractivity contribution in [1.29, 1.82) is 0 Å². The Kier molecular flexibility index (Phi) is 4.22. The molecule has 1 unspecified atom stereocenters. The minimum atomic E-state index is 0. The van der Waals surface area contributed by atoms with Crippen LogP contribution in [0, 0.1) is 0 Å². The summed E-state index contributed by atoms with van der Waals surface area (Å²) < 4.78 is 3.10. The van der Waals surface area contributed by atoms with E-state index in [1.54, 1.807) is 0 Å².